The van der Waals surface area contributed by atoms with Crippen LogP contribution in [0.2, 0.25) is 0 Å². The summed E-state index contributed by atoms with van der Waals surface area (Å²) in [7, 11) is 0. The van der Waals surface area contributed by atoms with E-state index in [1.165, 1.54) is 6.07 Å². The van der Waals surface area contributed by atoms with E-state index in [4.69, 9.17) is 21.6 Å². The lowest BCUT2D eigenvalue weighted by Gasteiger charge is -2.08. The van der Waals surface area contributed by atoms with Crippen molar-refractivity contribution in [2.45, 2.75) is 12.8 Å². The number of para-hydroxylation sites is 1. The van der Waals surface area contributed by atoms with Crippen molar-refractivity contribution in [3.63, 3.8) is 0 Å². The number of primary amides is 1. The van der Waals surface area contributed by atoms with Gasteiger partial charge in [-0.15, -0.1) is 0 Å². The molecule has 0 spiro atoms. The lowest BCUT2D eigenvalue weighted by molar-refractivity contribution is -0.136. The minimum Gasteiger partial charge on any atom is -0.426 e. The molecule has 17 heavy (non-hydrogen) atoms. The molecule has 1 rings (SSSR count). The largest absolute Gasteiger partial charge is 0.426 e. The molecule has 6 nitrogen and oxygen atoms in total. The Morgan fingerprint density at radius 2 is 1.82 bits per heavy atom. The second kappa shape index (κ2) is 5.64. The fourth-order valence-electron chi connectivity index (χ4n) is 1.18. The first kappa shape index (κ1) is 12.7. The Hall–Kier alpha value is -2.37. The number of amides is 1. The Morgan fingerprint density at radius 3 is 2.41 bits per heavy atom. The van der Waals surface area contributed by atoms with Crippen LogP contribution in [0.5, 0.6) is 5.75 Å². The van der Waals surface area contributed by atoms with Crippen LogP contribution in [0.25, 0.3) is 0 Å². The number of hydrogen-bond acceptors (Lipinski definition) is 4. The van der Waals surface area contributed by atoms with Crippen LogP contribution in [-0.4, -0.2) is 17.7 Å². The molecule has 1 aromatic carbocycles. The van der Waals surface area contributed by atoms with Crippen LogP contribution in [0.15, 0.2) is 24.3 Å². The van der Waals surface area contributed by atoms with E-state index in [1.54, 1.807) is 18.2 Å². The first-order valence-corrected chi connectivity index (χ1v) is 4.93. The second-order valence-corrected chi connectivity index (χ2v) is 3.35. The highest BCUT2D eigenvalue weighted by Crippen LogP contribution is 2.17. The number of nitrogen functional groups attached to an aromatic ring is 1. The van der Waals surface area contributed by atoms with Crippen molar-refractivity contribution >= 4 is 17.7 Å². The molecule has 6 heteroatoms. The van der Waals surface area contributed by atoms with Gasteiger partial charge >= 0.3 is 5.97 Å². The number of hydrogen-bond donors (Lipinski definition) is 3. The van der Waals surface area contributed by atoms with Gasteiger partial charge in [0.15, 0.2) is 0 Å². The number of rotatable bonds is 5. The number of nitrogens with two attached hydrogens (primary N) is 2. The van der Waals surface area contributed by atoms with Crippen molar-refractivity contribution in [1.29, 1.82) is 5.41 Å². The molecule has 0 aromatic heterocycles. The fourth-order valence-corrected chi connectivity index (χ4v) is 1.18. The number of esters is 1. The first-order valence-electron chi connectivity index (χ1n) is 4.93. The smallest absolute Gasteiger partial charge is 0.311 e. The normalized spacial score (nSPS) is 9.65. The summed E-state index contributed by atoms with van der Waals surface area (Å²) in [6, 6.07) is 6.43. The molecule has 0 aliphatic heterocycles. The third-order valence-corrected chi connectivity index (χ3v) is 1.98. The molecule has 1 amide bonds. The topological polar surface area (TPSA) is 119 Å². The molecule has 0 radical (unpaired) electrons. The molecule has 0 saturated carbocycles. The lowest BCUT2D eigenvalue weighted by Crippen LogP contribution is -2.18. The molecule has 0 unspecified atom stereocenters. The van der Waals surface area contributed by atoms with E-state index in [-0.39, 0.29) is 24.4 Å². The van der Waals surface area contributed by atoms with Gasteiger partial charge in [0.1, 0.15) is 11.6 Å². The van der Waals surface area contributed by atoms with Crippen LogP contribution >= 0.6 is 0 Å². The standard InChI is InChI=1S/C11H13N3O3/c12-9(15)5-6-10(16)17-8-4-2-1-3-7(8)11(13)14/h1-4H,5-6H2,(H2,12,15)(H3,13,14). The van der Waals surface area contributed by atoms with Gasteiger partial charge in [0.25, 0.3) is 0 Å². The van der Waals surface area contributed by atoms with E-state index in [2.05, 4.69) is 0 Å². The Balaban J connectivity index is 2.71. The number of ether oxygens (including phenoxy) is 1. The minimum atomic E-state index is -0.586. The zero-order valence-electron chi connectivity index (χ0n) is 9.10. The Morgan fingerprint density at radius 1 is 1.18 bits per heavy atom. The first-order chi connectivity index (χ1) is 8.00. The van der Waals surface area contributed by atoms with Crippen LogP contribution in [-0.2, 0) is 9.59 Å². The molecule has 5 N–H and O–H groups in total. The third-order valence-electron chi connectivity index (χ3n) is 1.98. The van der Waals surface area contributed by atoms with Gasteiger partial charge in [-0.1, -0.05) is 12.1 Å². The molecular formula is C11H13N3O3. The Kier molecular flexibility index (Phi) is 4.21. The molecule has 0 atom stereocenters. The molecule has 0 saturated heterocycles. The maximum Gasteiger partial charge on any atom is 0.311 e. The summed E-state index contributed by atoms with van der Waals surface area (Å²) in [6.45, 7) is 0. The van der Waals surface area contributed by atoms with E-state index >= 15 is 0 Å². The zero-order valence-corrected chi connectivity index (χ0v) is 9.10. The SMILES string of the molecule is N=C(N)c1ccccc1OC(=O)CCC(N)=O. The number of benzene rings is 1. The average molecular weight is 235 g/mol. The summed E-state index contributed by atoms with van der Waals surface area (Å²) in [6.07, 6.45) is -0.164. The van der Waals surface area contributed by atoms with Crippen molar-refractivity contribution in [3.8, 4) is 5.75 Å². The number of nitrogens with one attached hydrogen (secondary N) is 1. The van der Waals surface area contributed by atoms with E-state index < -0.39 is 11.9 Å². The monoisotopic (exact) mass is 235 g/mol. The molecule has 90 valence electrons. The van der Waals surface area contributed by atoms with Crippen LogP contribution < -0.4 is 16.2 Å². The third kappa shape index (κ3) is 3.94. The quantitative estimate of drug-likeness (QED) is 0.291. The van der Waals surface area contributed by atoms with Gasteiger partial charge < -0.3 is 16.2 Å². The highest BCUT2D eigenvalue weighted by molar-refractivity contribution is 5.98. The van der Waals surface area contributed by atoms with Crippen molar-refractivity contribution in [1.82, 2.24) is 0 Å². The van der Waals surface area contributed by atoms with E-state index in [0.717, 1.165) is 0 Å². The molecule has 0 bridgehead atoms. The zero-order chi connectivity index (χ0) is 12.8. The predicted molar refractivity (Wildman–Crippen MR) is 61.5 cm³/mol. The number of carbonyl (C=O) groups excluding carboxylic acids is 2. The van der Waals surface area contributed by atoms with Gasteiger partial charge in [0.05, 0.1) is 12.0 Å². The van der Waals surface area contributed by atoms with E-state index in [9.17, 15) is 9.59 Å². The van der Waals surface area contributed by atoms with Crippen molar-refractivity contribution < 1.29 is 14.3 Å². The maximum atomic E-state index is 11.4. The number of amidine groups is 1. The average Bonchev–Trinajstić information content (AvgIpc) is 2.27. The van der Waals surface area contributed by atoms with Gasteiger partial charge in [-0.3, -0.25) is 15.0 Å². The van der Waals surface area contributed by atoms with Gasteiger partial charge in [-0.25, -0.2) is 0 Å². The Bertz CT molecular complexity index is 457. The van der Waals surface area contributed by atoms with Crippen molar-refractivity contribution in [3.05, 3.63) is 29.8 Å². The summed E-state index contributed by atoms with van der Waals surface area (Å²) in [4.78, 5) is 21.8. The van der Waals surface area contributed by atoms with Gasteiger partial charge in [0, 0.05) is 6.42 Å². The predicted octanol–water partition coefficient (Wildman–Crippen LogP) is 0.142. The van der Waals surface area contributed by atoms with E-state index in [1.807, 2.05) is 0 Å². The van der Waals surface area contributed by atoms with Crippen molar-refractivity contribution in [2.75, 3.05) is 0 Å². The summed E-state index contributed by atoms with van der Waals surface area (Å²) >= 11 is 0. The molecule has 0 heterocycles. The van der Waals surface area contributed by atoms with Gasteiger partial charge in [0.2, 0.25) is 5.91 Å². The molecule has 0 aliphatic rings. The molecule has 1 aromatic rings. The van der Waals surface area contributed by atoms with Crippen LogP contribution in [0.3, 0.4) is 0 Å². The van der Waals surface area contributed by atoms with Crippen LogP contribution in [0, 0.1) is 5.41 Å². The Labute approximate surface area is 98.1 Å². The summed E-state index contributed by atoms with van der Waals surface area (Å²) in [5.74, 6) is -1.14. The summed E-state index contributed by atoms with van der Waals surface area (Å²) < 4.78 is 4.99. The molecular weight excluding hydrogens is 222 g/mol. The van der Waals surface area contributed by atoms with Crippen molar-refractivity contribution in [2.24, 2.45) is 11.5 Å². The summed E-state index contributed by atoms with van der Waals surface area (Å²) in [5, 5.41) is 7.30. The molecule has 0 fully saturated rings. The number of carbonyl (C=O) groups is 2. The van der Waals surface area contributed by atoms with E-state index in [0.29, 0.717) is 5.56 Å². The van der Waals surface area contributed by atoms with Gasteiger partial charge in [-0.2, -0.15) is 0 Å². The second-order valence-electron chi connectivity index (χ2n) is 3.35. The van der Waals surface area contributed by atoms with Crippen LogP contribution in [0.4, 0.5) is 0 Å². The minimum absolute atomic E-state index is 0.0684. The highest BCUT2D eigenvalue weighted by Gasteiger charge is 2.11. The summed E-state index contributed by atoms with van der Waals surface area (Å²) in [5.41, 5.74) is 10.6. The molecule has 0 aliphatic carbocycles. The lowest BCUT2D eigenvalue weighted by atomic mass is 10.2. The fraction of sp³-hybridized carbons (Fsp3) is 0.182. The van der Waals surface area contributed by atoms with Gasteiger partial charge in [-0.05, 0) is 12.1 Å². The maximum absolute atomic E-state index is 11.4. The van der Waals surface area contributed by atoms with Crippen LogP contribution in [0.1, 0.15) is 18.4 Å². The highest BCUT2D eigenvalue weighted by atomic mass is 16.5.